The zero-order chi connectivity index (χ0) is 14.7. The standard InChI is InChI=1S/C13H9BrN2O4/c14-13(9-1-5-11(6-2-9)15(17)18)10-3-7-12(8-4-10)16(19)20/h1-8,13H. The Bertz CT molecular complexity index is 583. The molecular formula is C13H9BrN2O4. The molecule has 0 fully saturated rings. The Morgan fingerprint density at radius 3 is 1.30 bits per heavy atom. The molecule has 0 aromatic heterocycles. The molecule has 0 amide bonds. The molecule has 0 aliphatic rings. The minimum Gasteiger partial charge on any atom is -0.258 e. The van der Waals surface area contributed by atoms with Crippen LogP contribution >= 0.6 is 15.9 Å². The van der Waals surface area contributed by atoms with Gasteiger partial charge in [-0.3, -0.25) is 20.2 Å². The average molecular weight is 337 g/mol. The summed E-state index contributed by atoms with van der Waals surface area (Å²) in [6, 6.07) is 12.3. The van der Waals surface area contributed by atoms with Gasteiger partial charge < -0.3 is 0 Å². The lowest BCUT2D eigenvalue weighted by atomic mass is 10.0. The zero-order valence-electron chi connectivity index (χ0n) is 10.1. The van der Waals surface area contributed by atoms with Gasteiger partial charge in [0.25, 0.3) is 11.4 Å². The molecule has 0 saturated heterocycles. The van der Waals surface area contributed by atoms with Gasteiger partial charge in [-0.1, -0.05) is 40.2 Å². The van der Waals surface area contributed by atoms with Crippen molar-refractivity contribution < 1.29 is 9.85 Å². The second-order valence-electron chi connectivity index (χ2n) is 4.06. The minimum absolute atomic E-state index is 0.0251. The number of benzene rings is 2. The predicted molar refractivity (Wildman–Crippen MR) is 77.0 cm³/mol. The fraction of sp³-hybridized carbons (Fsp3) is 0.0769. The van der Waals surface area contributed by atoms with Gasteiger partial charge in [-0.15, -0.1) is 0 Å². The maximum Gasteiger partial charge on any atom is 0.269 e. The number of rotatable bonds is 4. The maximum atomic E-state index is 10.6. The number of nitro benzene ring substituents is 2. The van der Waals surface area contributed by atoms with E-state index in [1.54, 1.807) is 24.3 Å². The van der Waals surface area contributed by atoms with E-state index >= 15 is 0 Å². The normalized spacial score (nSPS) is 10.5. The lowest BCUT2D eigenvalue weighted by Gasteiger charge is -2.10. The monoisotopic (exact) mass is 336 g/mol. The maximum absolute atomic E-state index is 10.6. The van der Waals surface area contributed by atoms with Crippen LogP contribution < -0.4 is 0 Å². The van der Waals surface area contributed by atoms with Crippen molar-refractivity contribution in [2.75, 3.05) is 0 Å². The molecule has 0 heterocycles. The number of hydrogen-bond acceptors (Lipinski definition) is 4. The number of non-ortho nitro benzene ring substituents is 2. The molecule has 0 spiro atoms. The molecule has 6 nitrogen and oxygen atoms in total. The van der Waals surface area contributed by atoms with Gasteiger partial charge in [-0.25, -0.2) is 0 Å². The number of hydrogen-bond donors (Lipinski definition) is 0. The molecule has 0 radical (unpaired) electrons. The molecule has 2 aromatic rings. The number of nitrogens with zero attached hydrogens (tertiary/aromatic N) is 2. The van der Waals surface area contributed by atoms with Crippen molar-refractivity contribution in [2.45, 2.75) is 4.83 Å². The Kier molecular flexibility index (Phi) is 4.09. The van der Waals surface area contributed by atoms with E-state index in [0.29, 0.717) is 0 Å². The van der Waals surface area contributed by atoms with E-state index in [2.05, 4.69) is 15.9 Å². The molecule has 2 aromatic carbocycles. The number of halogens is 1. The molecule has 0 aliphatic heterocycles. The molecular weight excluding hydrogens is 328 g/mol. The highest BCUT2D eigenvalue weighted by Gasteiger charge is 2.14. The third kappa shape index (κ3) is 3.00. The van der Waals surface area contributed by atoms with E-state index < -0.39 is 9.85 Å². The second-order valence-corrected chi connectivity index (χ2v) is 4.98. The van der Waals surface area contributed by atoms with E-state index in [1.807, 2.05) is 0 Å². The summed E-state index contributed by atoms with van der Waals surface area (Å²) in [4.78, 5) is 20.1. The van der Waals surface area contributed by atoms with Gasteiger partial charge in [0.1, 0.15) is 0 Å². The first-order valence-electron chi connectivity index (χ1n) is 5.62. The zero-order valence-corrected chi connectivity index (χ0v) is 11.7. The van der Waals surface area contributed by atoms with Crippen molar-refractivity contribution in [2.24, 2.45) is 0 Å². The van der Waals surface area contributed by atoms with E-state index in [-0.39, 0.29) is 16.2 Å². The van der Waals surface area contributed by atoms with Crippen LogP contribution in [0.3, 0.4) is 0 Å². The van der Waals surface area contributed by atoms with Crippen molar-refractivity contribution in [3.8, 4) is 0 Å². The van der Waals surface area contributed by atoms with Crippen LogP contribution in [-0.4, -0.2) is 9.85 Å². The molecule has 0 atom stereocenters. The van der Waals surface area contributed by atoms with Crippen molar-refractivity contribution in [1.82, 2.24) is 0 Å². The fourth-order valence-corrected chi connectivity index (χ4v) is 2.33. The smallest absolute Gasteiger partial charge is 0.258 e. The summed E-state index contributed by atoms with van der Waals surface area (Å²) in [6.45, 7) is 0. The summed E-state index contributed by atoms with van der Waals surface area (Å²) in [5, 5.41) is 21.2. The first-order valence-corrected chi connectivity index (χ1v) is 6.53. The Hall–Kier alpha value is -2.28. The average Bonchev–Trinajstić information content (AvgIpc) is 2.46. The second kappa shape index (κ2) is 5.79. The van der Waals surface area contributed by atoms with E-state index in [4.69, 9.17) is 0 Å². The summed E-state index contributed by atoms with van der Waals surface area (Å²) >= 11 is 3.48. The first-order chi connectivity index (χ1) is 9.49. The largest absolute Gasteiger partial charge is 0.269 e. The number of alkyl halides is 1. The summed E-state index contributed by atoms with van der Waals surface area (Å²) in [5.41, 5.74) is 1.73. The Morgan fingerprint density at radius 2 is 1.05 bits per heavy atom. The fourth-order valence-electron chi connectivity index (χ4n) is 1.72. The molecule has 2 rings (SSSR count). The van der Waals surface area contributed by atoms with Crippen LogP contribution in [-0.2, 0) is 0 Å². The third-order valence-corrected chi connectivity index (χ3v) is 3.85. The van der Waals surface area contributed by atoms with Crippen molar-refractivity contribution >= 4 is 27.3 Å². The molecule has 0 saturated carbocycles. The Labute approximate surface area is 122 Å². The van der Waals surface area contributed by atoms with E-state index in [0.717, 1.165) is 11.1 Å². The summed E-state index contributed by atoms with van der Waals surface area (Å²) in [5.74, 6) is 0. The first kappa shape index (κ1) is 14.1. The van der Waals surface area contributed by atoms with Crippen molar-refractivity contribution in [1.29, 1.82) is 0 Å². The molecule has 0 aliphatic carbocycles. The molecule has 0 bridgehead atoms. The van der Waals surface area contributed by atoms with Crippen LogP contribution in [0.15, 0.2) is 48.5 Å². The van der Waals surface area contributed by atoms with Crippen LogP contribution in [0.25, 0.3) is 0 Å². The van der Waals surface area contributed by atoms with E-state index in [1.165, 1.54) is 24.3 Å². The molecule has 0 N–H and O–H groups in total. The highest BCUT2D eigenvalue weighted by Crippen LogP contribution is 2.32. The van der Waals surface area contributed by atoms with Gasteiger partial charge in [0, 0.05) is 24.3 Å². The lowest BCUT2D eigenvalue weighted by Crippen LogP contribution is -1.95. The van der Waals surface area contributed by atoms with Crippen molar-refractivity contribution in [3.05, 3.63) is 79.9 Å². The van der Waals surface area contributed by atoms with Gasteiger partial charge in [0.05, 0.1) is 14.7 Å². The minimum atomic E-state index is -0.459. The van der Waals surface area contributed by atoms with Gasteiger partial charge >= 0.3 is 0 Å². The van der Waals surface area contributed by atoms with Gasteiger partial charge in [0.15, 0.2) is 0 Å². The van der Waals surface area contributed by atoms with Crippen LogP contribution in [0.2, 0.25) is 0 Å². The molecule has 7 heteroatoms. The third-order valence-electron chi connectivity index (χ3n) is 2.79. The predicted octanol–water partition coefficient (Wildman–Crippen LogP) is 3.99. The summed E-state index contributed by atoms with van der Waals surface area (Å²) < 4.78 is 0. The Morgan fingerprint density at radius 1 is 0.750 bits per heavy atom. The van der Waals surface area contributed by atoms with Crippen LogP contribution in [0.5, 0.6) is 0 Å². The van der Waals surface area contributed by atoms with Crippen LogP contribution in [0.4, 0.5) is 11.4 Å². The lowest BCUT2D eigenvalue weighted by molar-refractivity contribution is -0.385. The van der Waals surface area contributed by atoms with Gasteiger partial charge in [0.2, 0.25) is 0 Å². The van der Waals surface area contributed by atoms with Crippen molar-refractivity contribution in [3.63, 3.8) is 0 Å². The highest BCUT2D eigenvalue weighted by molar-refractivity contribution is 9.09. The quantitative estimate of drug-likeness (QED) is 0.479. The number of nitro groups is 2. The molecule has 0 unspecified atom stereocenters. The van der Waals surface area contributed by atoms with Crippen LogP contribution in [0.1, 0.15) is 16.0 Å². The summed E-state index contributed by atoms with van der Waals surface area (Å²) in [6.07, 6.45) is 0. The van der Waals surface area contributed by atoms with E-state index in [9.17, 15) is 20.2 Å². The summed E-state index contributed by atoms with van der Waals surface area (Å²) in [7, 11) is 0. The topological polar surface area (TPSA) is 86.3 Å². The van der Waals surface area contributed by atoms with Gasteiger partial charge in [-0.2, -0.15) is 0 Å². The van der Waals surface area contributed by atoms with Gasteiger partial charge in [-0.05, 0) is 11.1 Å². The SMILES string of the molecule is O=[N+]([O-])c1ccc(C(Br)c2ccc([N+](=O)[O-])cc2)cc1. The molecule has 102 valence electrons. The van der Waals surface area contributed by atoms with Crippen LogP contribution in [0, 0.1) is 20.2 Å². The highest BCUT2D eigenvalue weighted by atomic mass is 79.9. The molecule has 20 heavy (non-hydrogen) atoms. The Balaban J connectivity index is 2.24.